The first-order valence-electron chi connectivity index (χ1n) is 6.05. The van der Waals surface area contributed by atoms with Crippen LogP contribution in [0.3, 0.4) is 0 Å². The van der Waals surface area contributed by atoms with E-state index in [9.17, 15) is 0 Å². The van der Waals surface area contributed by atoms with Crippen LogP contribution in [0.2, 0.25) is 0 Å². The Morgan fingerprint density at radius 2 is 2.00 bits per heavy atom. The minimum atomic E-state index is 0.547. The van der Waals surface area contributed by atoms with Gasteiger partial charge in [0.05, 0.1) is 23.6 Å². The molecule has 0 saturated heterocycles. The maximum absolute atomic E-state index is 4.37. The third-order valence-electron chi connectivity index (χ3n) is 2.87. The van der Waals surface area contributed by atoms with Crippen LogP contribution >= 0.6 is 0 Å². The predicted octanol–water partition coefficient (Wildman–Crippen LogP) is 2.06. The molecule has 2 aromatic heterocycles. The first kappa shape index (κ1) is 12.4. The van der Waals surface area contributed by atoms with Crippen molar-refractivity contribution in [2.24, 2.45) is 0 Å². The van der Waals surface area contributed by atoms with Gasteiger partial charge in [-0.1, -0.05) is 13.0 Å². The van der Waals surface area contributed by atoms with E-state index in [1.54, 1.807) is 6.20 Å². The molecule has 0 aliphatic carbocycles. The normalized spacial score (nSPS) is 10.4. The van der Waals surface area contributed by atoms with Gasteiger partial charge < -0.3 is 5.32 Å². The third kappa shape index (κ3) is 2.80. The van der Waals surface area contributed by atoms with Gasteiger partial charge >= 0.3 is 0 Å². The highest BCUT2D eigenvalue weighted by atomic mass is 15.2. The van der Waals surface area contributed by atoms with Crippen molar-refractivity contribution in [2.75, 3.05) is 5.32 Å². The van der Waals surface area contributed by atoms with Crippen LogP contribution in [0.25, 0.3) is 0 Å². The van der Waals surface area contributed by atoms with Crippen LogP contribution in [0.1, 0.15) is 29.6 Å². The van der Waals surface area contributed by atoms with Gasteiger partial charge in [0.1, 0.15) is 0 Å². The average Bonchev–Trinajstić information content (AvgIpc) is 2.40. The minimum absolute atomic E-state index is 0.547. The zero-order valence-electron chi connectivity index (χ0n) is 10.9. The number of anilines is 1. The summed E-state index contributed by atoms with van der Waals surface area (Å²) in [6, 6.07) is 4.04. The summed E-state index contributed by atoms with van der Waals surface area (Å²) >= 11 is 0. The highest BCUT2D eigenvalue weighted by molar-refractivity contribution is 5.28. The van der Waals surface area contributed by atoms with Gasteiger partial charge in [0.25, 0.3) is 0 Å². The van der Waals surface area contributed by atoms with E-state index in [1.807, 2.05) is 19.9 Å². The molecule has 18 heavy (non-hydrogen) atoms. The fraction of sp³-hybridized carbons (Fsp3) is 0.385. The van der Waals surface area contributed by atoms with Crippen molar-refractivity contribution in [1.29, 1.82) is 0 Å². The van der Waals surface area contributed by atoms with E-state index in [0.717, 1.165) is 23.5 Å². The van der Waals surface area contributed by atoms with E-state index in [1.165, 1.54) is 5.56 Å². The van der Waals surface area contributed by atoms with Gasteiger partial charge in [0, 0.05) is 6.20 Å². The second-order valence-electron chi connectivity index (χ2n) is 4.12. The minimum Gasteiger partial charge on any atom is -0.347 e. The Labute approximate surface area is 107 Å². The number of nitrogens with zero attached hydrogens (tertiary/aromatic N) is 4. The van der Waals surface area contributed by atoms with E-state index in [4.69, 9.17) is 0 Å². The molecule has 2 heterocycles. The number of aryl methyl sites for hydroxylation is 3. The Kier molecular flexibility index (Phi) is 3.82. The zero-order chi connectivity index (χ0) is 13.0. The second kappa shape index (κ2) is 5.53. The number of hydrogen-bond donors (Lipinski definition) is 1. The molecule has 0 aromatic carbocycles. The molecule has 5 heteroatoms. The molecule has 0 radical (unpaired) electrons. The van der Waals surface area contributed by atoms with E-state index in [0.29, 0.717) is 12.5 Å². The molecule has 0 bridgehead atoms. The largest absolute Gasteiger partial charge is 0.347 e. The molecule has 0 atom stereocenters. The van der Waals surface area contributed by atoms with Crippen molar-refractivity contribution in [3.05, 3.63) is 41.0 Å². The summed E-state index contributed by atoms with van der Waals surface area (Å²) in [6.45, 7) is 6.56. The van der Waals surface area contributed by atoms with Crippen molar-refractivity contribution in [2.45, 2.75) is 33.7 Å². The number of aromatic nitrogens is 4. The topological polar surface area (TPSA) is 63.6 Å². The Hall–Kier alpha value is -2.04. The summed E-state index contributed by atoms with van der Waals surface area (Å²) in [5, 5.41) is 11.2. The molecule has 0 unspecified atom stereocenters. The van der Waals surface area contributed by atoms with Crippen molar-refractivity contribution < 1.29 is 0 Å². The molecule has 0 amide bonds. The number of rotatable bonds is 4. The Morgan fingerprint density at radius 3 is 2.72 bits per heavy atom. The van der Waals surface area contributed by atoms with Gasteiger partial charge in [-0.05, 0) is 31.9 Å². The lowest BCUT2D eigenvalue weighted by Gasteiger charge is -2.08. The zero-order valence-corrected chi connectivity index (χ0v) is 10.9. The van der Waals surface area contributed by atoms with E-state index < -0.39 is 0 Å². The monoisotopic (exact) mass is 243 g/mol. The molecule has 1 N–H and O–H groups in total. The smallest absolute Gasteiger partial charge is 0.243 e. The summed E-state index contributed by atoms with van der Waals surface area (Å²) in [7, 11) is 0. The quantitative estimate of drug-likeness (QED) is 0.890. The van der Waals surface area contributed by atoms with Crippen molar-refractivity contribution in [1.82, 2.24) is 20.2 Å². The standard InChI is InChI=1S/C13H17N5/c1-4-11-6-5-7-14-12(11)8-15-13-16-9(2)10(3)17-18-13/h5-7H,4,8H2,1-3H3,(H,15,16,18). The SMILES string of the molecule is CCc1cccnc1CNc1nnc(C)c(C)n1. The molecule has 0 saturated carbocycles. The van der Waals surface area contributed by atoms with E-state index >= 15 is 0 Å². The summed E-state index contributed by atoms with van der Waals surface area (Å²) in [5.41, 5.74) is 4.01. The molecule has 0 spiro atoms. The number of hydrogen-bond acceptors (Lipinski definition) is 5. The molecule has 0 aliphatic rings. The van der Waals surface area contributed by atoms with Crippen LogP contribution in [0.4, 0.5) is 5.95 Å². The van der Waals surface area contributed by atoms with Crippen molar-refractivity contribution in [3.8, 4) is 0 Å². The molecule has 2 rings (SSSR count). The fourth-order valence-electron chi connectivity index (χ4n) is 1.65. The lowest BCUT2D eigenvalue weighted by molar-refractivity contribution is 0.873. The Balaban J connectivity index is 2.09. The van der Waals surface area contributed by atoms with E-state index in [-0.39, 0.29) is 0 Å². The van der Waals surface area contributed by atoms with Crippen LogP contribution < -0.4 is 5.32 Å². The lowest BCUT2D eigenvalue weighted by Crippen LogP contribution is -2.09. The second-order valence-corrected chi connectivity index (χ2v) is 4.12. The Morgan fingerprint density at radius 1 is 1.17 bits per heavy atom. The van der Waals surface area contributed by atoms with Crippen LogP contribution in [-0.2, 0) is 13.0 Å². The number of nitrogens with one attached hydrogen (secondary N) is 1. The highest BCUT2D eigenvalue weighted by Crippen LogP contribution is 2.08. The van der Waals surface area contributed by atoms with Gasteiger partial charge in [-0.15, -0.1) is 5.10 Å². The first-order chi connectivity index (χ1) is 8.70. The maximum Gasteiger partial charge on any atom is 0.243 e. The highest BCUT2D eigenvalue weighted by Gasteiger charge is 2.04. The lowest BCUT2D eigenvalue weighted by atomic mass is 10.1. The van der Waals surface area contributed by atoms with Crippen molar-refractivity contribution in [3.63, 3.8) is 0 Å². The van der Waals surface area contributed by atoms with Gasteiger partial charge in [-0.3, -0.25) is 4.98 Å². The maximum atomic E-state index is 4.37. The molecular formula is C13H17N5. The number of pyridine rings is 1. The Bertz CT molecular complexity index is 539. The van der Waals surface area contributed by atoms with Gasteiger partial charge in [0.15, 0.2) is 0 Å². The van der Waals surface area contributed by atoms with Gasteiger partial charge in [0.2, 0.25) is 5.95 Å². The van der Waals surface area contributed by atoms with Crippen molar-refractivity contribution >= 4 is 5.95 Å². The molecule has 2 aromatic rings. The predicted molar refractivity (Wildman–Crippen MR) is 70.2 cm³/mol. The van der Waals surface area contributed by atoms with E-state index in [2.05, 4.69) is 38.5 Å². The third-order valence-corrected chi connectivity index (χ3v) is 2.87. The summed E-state index contributed by atoms with van der Waals surface area (Å²) in [6.07, 6.45) is 2.77. The summed E-state index contributed by atoms with van der Waals surface area (Å²) in [4.78, 5) is 8.70. The molecular weight excluding hydrogens is 226 g/mol. The summed E-state index contributed by atoms with van der Waals surface area (Å²) in [5.74, 6) is 0.547. The van der Waals surface area contributed by atoms with Gasteiger partial charge in [-0.25, -0.2) is 4.98 Å². The molecule has 5 nitrogen and oxygen atoms in total. The van der Waals surface area contributed by atoms with Crippen LogP contribution in [0, 0.1) is 13.8 Å². The van der Waals surface area contributed by atoms with Crippen LogP contribution in [0.15, 0.2) is 18.3 Å². The molecule has 0 aliphatic heterocycles. The summed E-state index contributed by atoms with van der Waals surface area (Å²) < 4.78 is 0. The van der Waals surface area contributed by atoms with Gasteiger partial charge in [-0.2, -0.15) is 5.10 Å². The fourth-order valence-corrected chi connectivity index (χ4v) is 1.65. The first-order valence-corrected chi connectivity index (χ1v) is 6.05. The molecule has 0 fully saturated rings. The molecule has 94 valence electrons. The van der Waals surface area contributed by atoms with Crippen LogP contribution in [-0.4, -0.2) is 20.2 Å². The average molecular weight is 243 g/mol. The van der Waals surface area contributed by atoms with Crippen LogP contribution in [0.5, 0.6) is 0 Å².